The molecule has 3 rings (SSSR count). The smallest absolute Gasteiger partial charge is 0.206 e. The fraction of sp³-hybridized carbons (Fsp3) is 0.250. The van der Waals surface area contributed by atoms with Gasteiger partial charge in [0.05, 0.1) is 15.9 Å². The van der Waals surface area contributed by atoms with Gasteiger partial charge in [-0.2, -0.15) is 0 Å². The van der Waals surface area contributed by atoms with Gasteiger partial charge in [0.1, 0.15) is 17.2 Å². The van der Waals surface area contributed by atoms with Crippen LogP contribution in [0.5, 0.6) is 17.2 Å². The van der Waals surface area contributed by atoms with E-state index in [9.17, 15) is 8.42 Å². The van der Waals surface area contributed by atoms with E-state index in [1.54, 1.807) is 36.4 Å². The molecule has 0 fully saturated rings. The largest absolute Gasteiger partial charge is 0.491 e. The fourth-order valence-electron chi connectivity index (χ4n) is 2.85. The number of hydrogen-bond acceptors (Lipinski definition) is 4. The molecule has 5 heteroatoms. The maximum atomic E-state index is 12.9. The van der Waals surface area contributed by atoms with E-state index in [0.29, 0.717) is 17.4 Å². The number of sulfone groups is 1. The molecule has 0 aromatic heterocycles. The van der Waals surface area contributed by atoms with Crippen molar-refractivity contribution in [2.75, 3.05) is 0 Å². The Morgan fingerprint density at radius 3 is 1.48 bits per heavy atom. The van der Waals surface area contributed by atoms with Crippen LogP contribution in [-0.2, 0) is 9.84 Å². The molecule has 0 saturated carbocycles. The van der Waals surface area contributed by atoms with Gasteiger partial charge >= 0.3 is 0 Å². The second-order valence-corrected chi connectivity index (χ2v) is 9.39. The van der Waals surface area contributed by atoms with Gasteiger partial charge in [0.25, 0.3) is 0 Å². The van der Waals surface area contributed by atoms with Crippen molar-refractivity contribution in [1.82, 2.24) is 0 Å². The van der Waals surface area contributed by atoms with E-state index in [2.05, 4.69) is 13.8 Å². The Bertz CT molecular complexity index is 1030. The van der Waals surface area contributed by atoms with Crippen LogP contribution in [0, 0.1) is 0 Å². The SMILES string of the molecule is CC(C)Oc1ccc(Oc2ccc(S(=O)(=O)c3ccc(C(C)C)cc3)cc2)cc1. The highest BCUT2D eigenvalue weighted by molar-refractivity contribution is 7.91. The molecule has 0 amide bonds. The molecule has 0 N–H and O–H groups in total. The van der Waals surface area contributed by atoms with Crippen LogP contribution in [0.3, 0.4) is 0 Å². The Morgan fingerprint density at radius 2 is 1.03 bits per heavy atom. The Morgan fingerprint density at radius 1 is 0.621 bits per heavy atom. The predicted octanol–water partition coefficient (Wildman–Crippen LogP) is 6.22. The number of ether oxygens (including phenoxy) is 2. The van der Waals surface area contributed by atoms with Crippen molar-refractivity contribution in [3.05, 3.63) is 78.4 Å². The zero-order valence-corrected chi connectivity index (χ0v) is 17.9. The third kappa shape index (κ3) is 5.18. The summed E-state index contributed by atoms with van der Waals surface area (Å²) in [5.41, 5.74) is 1.11. The number of rotatable bonds is 7. The molecule has 0 aliphatic carbocycles. The van der Waals surface area contributed by atoms with Crippen molar-refractivity contribution in [1.29, 1.82) is 0 Å². The van der Waals surface area contributed by atoms with E-state index in [4.69, 9.17) is 9.47 Å². The molecular formula is C24H26O4S. The van der Waals surface area contributed by atoms with Crippen molar-refractivity contribution in [3.8, 4) is 17.2 Å². The third-order valence-electron chi connectivity index (χ3n) is 4.42. The molecular weight excluding hydrogens is 384 g/mol. The van der Waals surface area contributed by atoms with Gasteiger partial charge in [-0.15, -0.1) is 0 Å². The van der Waals surface area contributed by atoms with Gasteiger partial charge in [0, 0.05) is 0 Å². The lowest BCUT2D eigenvalue weighted by Crippen LogP contribution is -2.05. The fourth-order valence-corrected chi connectivity index (χ4v) is 4.11. The quantitative estimate of drug-likeness (QED) is 0.464. The van der Waals surface area contributed by atoms with Crippen molar-refractivity contribution >= 4 is 9.84 Å². The van der Waals surface area contributed by atoms with Gasteiger partial charge in [-0.05, 0) is 86.0 Å². The summed E-state index contributed by atoms with van der Waals surface area (Å²) in [6, 6.07) is 20.8. The summed E-state index contributed by atoms with van der Waals surface area (Å²) in [4.78, 5) is 0.527. The Hall–Kier alpha value is -2.79. The average Bonchev–Trinajstić information content (AvgIpc) is 2.69. The predicted molar refractivity (Wildman–Crippen MR) is 115 cm³/mol. The summed E-state index contributed by atoms with van der Waals surface area (Å²) < 4.78 is 37.1. The van der Waals surface area contributed by atoms with Crippen LogP contribution in [0.15, 0.2) is 82.6 Å². The first-order valence-electron chi connectivity index (χ1n) is 9.65. The van der Waals surface area contributed by atoms with Crippen LogP contribution in [0.1, 0.15) is 39.2 Å². The molecule has 4 nitrogen and oxygen atoms in total. The monoisotopic (exact) mass is 410 g/mol. The normalized spacial score (nSPS) is 11.7. The van der Waals surface area contributed by atoms with Crippen LogP contribution in [0.25, 0.3) is 0 Å². The zero-order valence-electron chi connectivity index (χ0n) is 17.1. The van der Waals surface area contributed by atoms with E-state index in [-0.39, 0.29) is 15.9 Å². The molecule has 0 heterocycles. The maximum absolute atomic E-state index is 12.9. The number of benzene rings is 3. The average molecular weight is 411 g/mol. The molecule has 0 bridgehead atoms. The molecule has 0 atom stereocenters. The summed E-state index contributed by atoms with van der Waals surface area (Å²) in [7, 11) is -3.56. The van der Waals surface area contributed by atoms with E-state index in [1.165, 1.54) is 0 Å². The van der Waals surface area contributed by atoms with Gasteiger partial charge in [-0.3, -0.25) is 0 Å². The van der Waals surface area contributed by atoms with Crippen LogP contribution >= 0.6 is 0 Å². The van der Waals surface area contributed by atoms with Crippen molar-refractivity contribution in [3.63, 3.8) is 0 Å². The van der Waals surface area contributed by atoms with E-state index in [0.717, 1.165) is 11.3 Å². The summed E-state index contributed by atoms with van der Waals surface area (Å²) in [5, 5.41) is 0. The van der Waals surface area contributed by atoms with Gasteiger partial charge in [0.2, 0.25) is 9.84 Å². The summed E-state index contributed by atoms with van der Waals surface area (Å²) in [6.45, 7) is 8.09. The van der Waals surface area contributed by atoms with Crippen molar-refractivity contribution < 1.29 is 17.9 Å². The lowest BCUT2D eigenvalue weighted by Gasteiger charge is -2.11. The first-order valence-corrected chi connectivity index (χ1v) is 11.1. The summed E-state index contributed by atoms with van der Waals surface area (Å²) in [5.74, 6) is 2.35. The van der Waals surface area contributed by atoms with Gasteiger partial charge < -0.3 is 9.47 Å². The van der Waals surface area contributed by atoms with Crippen LogP contribution < -0.4 is 9.47 Å². The lowest BCUT2D eigenvalue weighted by atomic mass is 10.0. The van der Waals surface area contributed by atoms with Gasteiger partial charge in [0.15, 0.2) is 0 Å². The van der Waals surface area contributed by atoms with E-state index in [1.807, 2.05) is 50.2 Å². The van der Waals surface area contributed by atoms with Crippen molar-refractivity contribution in [2.24, 2.45) is 0 Å². The highest BCUT2D eigenvalue weighted by Gasteiger charge is 2.18. The second-order valence-electron chi connectivity index (χ2n) is 7.44. The molecule has 0 radical (unpaired) electrons. The highest BCUT2D eigenvalue weighted by atomic mass is 32.2. The second kappa shape index (κ2) is 8.70. The van der Waals surface area contributed by atoms with Crippen LogP contribution in [-0.4, -0.2) is 14.5 Å². The minimum atomic E-state index is -3.56. The highest BCUT2D eigenvalue weighted by Crippen LogP contribution is 2.28. The molecule has 0 saturated heterocycles. The first-order chi connectivity index (χ1) is 13.8. The third-order valence-corrected chi connectivity index (χ3v) is 6.21. The summed E-state index contributed by atoms with van der Waals surface area (Å²) >= 11 is 0. The Kier molecular flexibility index (Phi) is 6.28. The van der Waals surface area contributed by atoms with Gasteiger partial charge in [-0.1, -0.05) is 26.0 Å². The van der Waals surface area contributed by atoms with Gasteiger partial charge in [-0.25, -0.2) is 8.42 Å². The molecule has 29 heavy (non-hydrogen) atoms. The molecule has 0 unspecified atom stereocenters. The Balaban J connectivity index is 1.73. The molecule has 0 spiro atoms. The molecule has 3 aromatic rings. The van der Waals surface area contributed by atoms with E-state index < -0.39 is 9.84 Å². The van der Waals surface area contributed by atoms with Crippen LogP contribution in [0.2, 0.25) is 0 Å². The van der Waals surface area contributed by atoms with Crippen LogP contribution in [0.4, 0.5) is 0 Å². The van der Waals surface area contributed by atoms with Crippen molar-refractivity contribution in [2.45, 2.75) is 49.5 Å². The summed E-state index contributed by atoms with van der Waals surface area (Å²) in [6.07, 6.45) is 0.109. The standard InChI is InChI=1S/C24H26O4S/c1-17(2)19-5-13-23(14-6-19)29(25,26)24-15-11-22(12-16-24)28-21-9-7-20(8-10-21)27-18(3)4/h5-18H,1-4H3. The minimum absolute atomic E-state index is 0.109. The minimum Gasteiger partial charge on any atom is -0.491 e. The molecule has 0 aliphatic rings. The molecule has 152 valence electrons. The number of hydrogen-bond donors (Lipinski definition) is 0. The topological polar surface area (TPSA) is 52.6 Å². The maximum Gasteiger partial charge on any atom is 0.206 e. The lowest BCUT2D eigenvalue weighted by molar-refractivity contribution is 0.242. The first kappa shape index (κ1) is 20.9. The molecule has 0 aliphatic heterocycles. The zero-order chi connectivity index (χ0) is 21.0. The van der Waals surface area contributed by atoms with E-state index >= 15 is 0 Å². The Labute approximate surface area is 173 Å². The molecule has 3 aromatic carbocycles.